The van der Waals surface area contributed by atoms with Gasteiger partial charge in [-0.05, 0) is 61.9 Å². The lowest BCUT2D eigenvalue weighted by Crippen LogP contribution is -2.43. The quantitative estimate of drug-likeness (QED) is 0.605. The fourth-order valence-electron chi connectivity index (χ4n) is 4.98. The van der Waals surface area contributed by atoms with Crippen LogP contribution in [0.2, 0.25) is 0 Å². The van der Waals surface area contributed by atoms with Crippen LogP contribution in [0.4, 0.5) is 0 Å². The maximum absolute atomic E-state index is 13.1. The monoisotopic (exact) mass is 431 g/mol. The highest BCUT2D eigenvalue weighted by molar-refractivity contribution is 5.97. The summed E-state index contributed by atoms with van der Waals surface area (Å²) in [5.74, 6) is 1.25. The van der Waals surface area contributed by atoms with Crippen molar-refractivity contribution in [2.75, 3.05) is 26.2 Å². The van der Waals surface area contributed by atoms with Crippen LogP contribution in [0.3, 0.4) is 0 Å². The van der Waals surface area contributed by atoms with Crippen molar-refractivity contribution in [2.45, 2.75) is 32.6 Å². The molecule has 5 rings (SSSR count). The van der Waals surface area contributed by atoms with Crippen LogP contribution < -0.4 is 0 Å². The first kappa shape index (κ1) is 20.7. The number of rotatable bonds is 4. The lowest BCUT2D eigenvalue weighted by atomic mass is 9.84. The van der Waals surface area contributed by atoms with Crippen LogP contribution in [-0.4, -0.2) is 52.8 Å². The molecule has 0 aliphatic carbocycles. The number of aromatic nitrogens is 1. The summed E-state index contributed by atoms with van der Waals surface area (Å²) in [4.78, 5) is 34.4. The van der Waals surface area contributed by atoms with E-state index >= 15 is 0 Å². The van der Waals surface area contributed by atoms with Crippen LogP contribution in [-0.2, 0) is 4.79 Å². The standard InChI is InChI=1S/C26H29N3O3/c1-18(25(30)28-13-5-6-14-28)19-11-15-29(16-12-19)26(31)21-9-10-23-22(17-21)27-24(32-23)20-7-3-2-4-8-20/h2-4,7-10,17-19H,5-6,11-16H2,1H3/t18-/m1/s1. The van der Waals surface area contributed by atoms with Gasteiger partial charge >= 0.3 is 0 Å². The van der Waals surface area contributed by atoms with E-state index < -0.39 is 0 Å². The van der Waals surface area contributed by atoms with E-state index in [4.69, 9.17) is 4.42 Å². The number of carbonyl (C=O) groups excluding carboxylic acids is 2. The Balaban J connectivity index is 1.24. The molecule has 6 nitrogen and oxygen atoms in total. The molecular weight excluding hydrogens is 402 g/mol. The number of likely N-dealkylation sites (tertiary alicyclic amines) is 2. The molecule has 2 saturated heterocycles. The van der Waals surface area contributed by atoms with Gasteiger partial charge in [0.2, 0.25) is 11.8 Å². The lowest BCUT2D eigenvalue weighted by molar-refractivity contribution is -0.136. The topological polar surface area (TPSA) is 66.7 Å². The van der Waals surface area contributed by atoms with Gasteiger partial charge in [0.05, 0.1) is 0 Å². The summed E-state index contributed by atoms with van der Waals surface area (Å²) >= 11 is 0. The number of hydrogen-bond donors (Lipinski definition) is 0. The fraction of sp³-hybridized carbons (Fsp3) is 0.423. The summed E-state index contributed by atoms with van der Waals surface area (Å²) in [5, 5.41) is 0. The van der Waals surface area contributed by atoms with Gasteiger partial charge in [0, 0.05) is 43.2 Å². The molecule has 2 aliphatic rings. The second kappa shape index (κ2) is 8.77. The maximum Gasteiger partial charge on any atom is 0.253 e. The molecule has 1 aromatic heterocycles. The minimum Gasteiger partial charge on any atom is -0.436 e. The van der Waals surface area contributed by atoms with E-state index in [1.54, 1.807) is 0 Å². The Bertz CT molecular complexity index is 1110. The van der Waals surface area contributed by atoms with Crippen LogP contribution in [0.25, 0.3) is 22.6 Å². The number of nitrogens with zero attached hydrogens (tertiary/aromatic N) is 3. The predicted molar refractivity (Wildman–Crippen MR) is 123 cm³/mol. The van der Waals surface area contributed by atoms with E-state index in [0.717, 1.165) is 44.3 Å². The summed E-state index contributed by atoms with van der Waals surface area (Å²) in [6.07, 6.45) is 3.98. The van der Waals surface area contributed by atoms with Gasteiger partial charge in [-0.1, -0.05) is 25.1 Å². The number of hydrogen-bond acceptors (Lipinski definition) is 4. The Kier molecular flexibility index (Phi) is 5.68. The average Bonchev–Trinajstić information content (AvgIpc) is 3.53. The summed E-state index contributed by atoms with van der Waals surface area (Å²) in [5.41, 5.74) is 2.91. The SMILES string of the molecule is C[C@@H](C(=O)N1CCCC1)C1CCN(C(=O)c2ccc3oc(-c4ccccc4)nc3c2)CC1. The van der Waals surface area contributed by atoms with E-state index in [1.807, 2.05) is 58.3 Å². The second-order valence-electron chi connectivity index (χ2n) is 9.02. The van der Waals surface area contributed by atoms with E-state index in [1.165, 1.54) is 0 Å². The zero-order valence-corrected chi connectivity index (χ0v) is 18.5. The first-order valence-corrected chi connectivity index (χ1v) is 11.6. The average molecular weight is 432 g/mol. The molecule has 1 atom stereocenters. The smallest absolute Gasteiger partial charge is 0.253 e. The fourth-order valence-corrected chi connectivity index (χ4v) is 4.98. The summed E-state index contributed by atoms with van der Waals surface area (Å²) < 4.78 is 5.87. The molecular formula is C26H29N3O3. The highest BCUT2D eigenvalue weighted by Gasteiger charge is 2.33. The molecule has 6 heteroatoms. The highest BCUT2D eigenvalue weighted by atomic mass is 16.3. The van der Waals surface area contributed by atoms with E-state index in [2.05, 4.69) is 11.9 Å². The van der Waals surface area contributed by atoms with Crippen LogP contribution in [0.1, 0.15) is 43.0 Å². The Morgan fingerprint density at radius 1 is 0.969 bits per heavy atom. The molecule has 2 amide bonds. The van der Waals surface area contributed by atoms with Gasteiger partial charge in [-0.25, -0.2) is 4.98 Å². The Morgan fingerprint density at radius 2 is 1.69 bits per heavy atom. The lowest BCUT2D eigenvalue weighted by Gasteiger charge is -2.35. The van der Waals surface area contributed by atoms with E-state index in [-0.39, 0.29) is 17.7 Å². The molecule has 0 spiro atoms. The number of amides is 2. The van der Waals surface area contributed by atoms with Crippen LogP contribution in [0.5, 0.6) is 0 Å². The van der Waals surface area contributed by atoms with Gasteiger partial charge in [0.1, 0.15) is 5.52 Å². The van der Waals surface area contributed by atoms with E-state index in [9.17, 15) is 9.59 Å². The summed E-state index contributed by atoms with van der Waals surface area (Å²) in [6, 6.07) is 15.2. The summed E-state index contributed by atoms with van der Waals surface area (Å²) in [6.45, 7) is 5.24. The van der Waals surface area contributed by atoms with Gasteiger partial charge in [0.15, 0.2) is 5.58 Å². The van der Waals surface area contributed by atoms with Crippen molar-refractivity contribution in [1.29, 1.82) is 0 Å². The van der Waals surface area contributed by atoms with Gasteiger partial charge in [-0.3, -0.25) is 9.59 Å². The molecule has 0 saturated carbocycles. The van der Waals surface area contributed by atoms with Gasteiger partial charge in [-0.15, -0.1) is 0 Å². The van der Waals surface area contributed by atoms with Crippen molar-refractivity contribution in [3.05, 3.63) is 54.1 Å². The molecule has 0 unspecified atom stereocenters. The molecule has 2 aromatic carbocycles. The Labute approximate surface area is 188 Å². The molecule has 0 N–H and O–H groups in total. The van der Waals surface area contributed by atoms with Crippen LogP contribution in [0.15, 0.2) is 52.9 Å². The first-order valence-electron chi connectivity index (χ1n) is 11.6. The minimum atomic E-state index is 0.0214. The van der Waals surface area contributed by atoms with Crippen LogP contribution >= 0.6 is 0 Å². The Morgan fingerprint density at radius 3 is 2.41 bits per heavy atom. The normalized spacial score (nSPS) is 18.3. The summed E-state index contributed by atoms with van der Waals surface area (Å²) in [7, 11) is 0. The van der Waals surface area contributed by atoms with Crippen molar-refractivity contribution in [3.8, 4) is 11.5 Å². The number of carbonyl (C=O) groups is 2. The number of fused-ring (bicyclic) bond motifs is 1. The molecule has 0 radical (unpaired) electrons. The largest absolute Gasteiger partial charge is 0.436 e. The third kappa shape index (κ3) is 4.01. The third-order valence-corrected chi connectivity index (χ3v) is 7.00. The number of piperidine rings is 1. The maximum atomic E-state index is 13.1. The van der Waals surface area contributed by atoms with Gasteiger partial charge in [0.25, 0.3) is 5.91 Å². The zero-order chi connectivity index (χ0) is 22.1. The minimum absolute atomic E-state index is 0.0214. The van der Waals surface area contributed by atoms with Crippen molar-refractivity contribution >= 4 is 22.9 Å². The van der Waals surface area contributed by atoms with Crippen molar-refractivity contribution < 1.29 is 14.0 Å². The second-order valence-corrected chi connectivity index (χ2v) is 9.02. The van der Waals surface area contributed by atoms with Crippen LogP contribution in [0, 0.1) is 11.8 Å². The number of oxazole rings is 1. The highest BCUT2D eigenvalue weighted by Crippen LogP contribution is 2.29. The number of benzene rings is 2. The van der Waals surface area contributed by atoms with Crippen molar-refractivity contribution in [2.24, 2.45) is 11.8 Å². The first-order chi connectivity index (χ1) is 15.6. The molecule has 2 aliphatic heterocycles. The van der Waals surface area contributed by atoms with Gasteiger partial charge in [-0.2, -0.15) is 0 Å². The van der Waals surface area contributed by atoms with Crippen molar-refractivity contribution in [3.63, 3.8) is 0 Å². The third-order valence-electron chi connectivity index (χ3n) is 7.00. The zero-order valence-electron chi connectivity index (χ0n) is 18.5. The van der Waals surface area contributed by atoms with Gasteiger partial charge < -0.3 is 14.2 Å². The molecule has 0 bridgehead atoms. The molecule has 166 valence electrons. The van der Waals surface area contributed by atoms with Crippen molar-refractivity contribution in [1.82, 2.24) is 14.8 Å². The van der Waals surface area contributed by atoms with E-state index in [0.29, 0.717) is 41.6 Å². The molecule has 3 heterocycles. The molecule has 2 fully saturated rings. The Hall–Kier alpha value is -3.15. The predicted octanol–water partition coefficient (Wildman–Crippen LogP) is 4.61. The molecule has 3 aromatic rings. The molecule has 32 heavy (non-hydrogen) atoms.